The average molecular weight is 192 g/mol. The van der Waals surface area contributed by atoms with E-state index in [1.54, 1.807) is 6.42 Å². The van der Waals surface area contributed by atoms with Gasteiger partial charge in [0.05, 0.1) is 0 Å². The van der Waals surface area contributed by atoms with Crippen molar-refractivity contribution in [2.75, 3.05) is 0 Å². The van der Waals surface area contributed by atoms with E-state index in [0.717, 1.165) is 23.7 Å². The van der Waals surface area contributed by atoms with Crippen LogP contribution in [-0.2, 0) is 0 Å². The molecular formula is C13H25B. The van der Waals surface area contributed by atoms with Crippen molar-refractivity contribution in [1.82, 2.24) is 0 Å². The maximum absolute atomic E-state index is 2.50. The molecule has 0 spiro atoms. The summed E-state index contributed by atoms with van der Waals surface area (Å²) in [6, 6.07) is 0. The molecule has 0 saturated heterocycles. The summed E-state index contributed by atoms with van der Waals surface area (Å²) in [5.74, 6) is 4.10. The highest BCUT2D eigenvalue weighted by Crippen LogP contribution is 2.53. The van der Waals surface area contributed by atoms with Crippen molar-refractivity contribution in [3.8, 4) is 0 Å². The predicted molar refractivity (Wildman–Crippen MR) is 65.3 cm³/mol. The van der Waals surface area contributed by atoms with E-state index in [1.165, 1.54) is 25.7 Å². The van der Waals surface area contributed by atoms with Gasteiger partial charge in [0.1, 0.15) is 7.85 Å². The van der Waals surface area contributed by atoms with Gasteiger partial charge in [-0.2, -0.15) is 0 Å². The molecule has 2 saturated carbocycles. The quantitative estimate of drug-likeness (QED) is 0.559. The van der Waals surface area contributed by atoms with Gasteiger partial charge >= 0.3 is 0 Å². The highest BCUT2D eigenvalue weighted by atomic mass is 14.5. The summed E-state index contributed by atoms with van der Waals surface area (Å²) in [6.45, 7) is 7.40. The van der Waals surface area contributed by atoms with Crippen LogP contribution >= 0.6 is 0 Å². The molecule has 0 aromatic heterocycles. The van der Waals surface area contributed by atoms with E-state index in [-0.39, 0.29) is 0 Å². The molecule has 1 heteroatoms. The molecule has 0 aromatic carbocycles. The smallest absolute Gasteiger partial charge is 0.0669 e. The molecule has 0 aromatic rings. The molecule has 0 N–H and O–H groups in total. The topological polar surface area (TPSA) is 0 Å². The van der Waals surface area contributed by atoms with Crippen LogP contribution in [-0.4, -0.2) is 7.85 Å². The third kappa shape index (κ3) is 1.88. The first kappa shape index (κ1) is 10.6. The lowest BCUT2D eigenvalue weighted by Crippen LogP contribution is -2.39. The van der Waals surface area contributed by atoms with Crippen LogP contribution in [0.15, 0.2) is 0 Å². The normalized spacial score (nSPS) is 43.6. The third-order valence-electron chi connectivity index (χ3n) is 4.65. The molecule has 4 unspecified atom stereocenters. The first-order valence-electron chi connectivity index (χ1n) is 6.48. The Hall–Kier alpha value is 0.0649. The zero-order valence-electron chi connectivity index (χ0n) is 10.3. The summed E-state index contributed by atoms with van der Waals surface area (Å²) in [6.07, 6.45) is 7.61. The molecule has 2 rings (SSSR count). The van der Waals surface area contributed by atoms with Gasteiger partial charge < -0.3 is 0 Å². The van der Waals surface area contributed by atoms with E-state index in [2.05, 4.69) is 28.6 Å². The molecule has 2 fully saturated rings. The summed E-state index contributed by atoms with van der Waals surface area (Å²) in [5.41, 5.74) is 0. The second-order valence-electron chi connectivity index (χ2n) is 6.90. The summed E-state index contributed by atoms with van der Waals surface area (Å²) in [5, 5.41) is 0.534. The SMILES string of the molecule is BC(C)(C)C1C(C)CC2CCCC1C2. The number of fused-ring (bicyclic) bond motifs is 2. The van der Waals surface area contributed by atoms with Crippen molar-refractivity contribution in [2.24, 2.45) is 23.7 Å². The van der Waals surface area contributed by atoms with E-state index in [4.69, 9.17) is 0 Å². The minimum atomic E-state index is 0.534. The highest BCUT2D eigenvalue weighted by Gasteiger charge is 2.42. The summed E-state index contributed by atoms with van der Waals surface area (Å²) >= 11 is 0. The summed E-state index contributed by atoms with van der Waals surface area (Å²) < 4.78 is 0. The Bertz CT molecular complexity index is 202. The predicted octanol–water partition coefficient (Wildman–Crippen LogP) is 3.28. The first-order chi connectivity index (χ1) is 6.48. The molecule has 80 valence electrons. The minimum Gasteiger partial charge on any atom is -0.0669 e. The van der Waals surface area contributed by atoms with Crippen molar-refractivity contribution in [1.29, 1.82) is 0 Å². The summed E-state index contributed by atoms with van der Waals surface area (Å²) in [7, 11) is 2.45. The number of rotatable bonds is 1. The maximum Gasteiger partial charge on any atom is 0.109 e. The molecule has 14 heavy (non-hydrogen) atoms. The number of hydrogen-bond acceptors (Lipinski definition) is 0. The van der Waals surface area contributed by atoms with Crippen LogP contribution < -0.4 is 0 Å². The Morgan fingerprint density at radius 2 is 1.86 bits per heavy atom. The first-order valence-corrected chi connectivity index (χ1v) is 6.48. The zero-order chi connectivity index (χ0) is 10.3. The molecule has 0 amide bonds. The van der Waals surface area contributed by atoms with Gasteiger partial charge in [0.15, 0.2) is 0 Å². The van der Waals surface area contributed by atoms with Gasteiger partial charge in [-0.1, -0.05) is 45.3 Å². The number of hydrogen-bond donors (Lipinski definition) is 0. The monoisotopic (exact) mass is 192 g/mol. The average Bonchev–Trinajstić information content (AvgIpc) is 2.00. The second kappa shape index (κ2) is 3.57. The van der Waals surface area contributed by atoms with E-state index >= 15 is 0 Å². The lowest BCUT2D eigenvalue weighted by molar-refractivity contribution is 0.0483. The Morgan fingerprint density at radius 3 is 2.50 bits per heavy atom. The Labute approximate surface area is 90.3 Å². The molecule has 0 radical (unpaired) electrons. The van der Waals surface area contributed by atoms with Crippen LogP contribution in [0.2, 0.25) is 5.31 Å². The van der Waals surface area contributed by atoms with Crippen molar-refractivity contribution >= 4 is 7.85 Å². The van der Waals surface area contributed by atoms with Crippen LogP contribution in [0, 0.1) is 23.7 Å². The third-order valence-corrected chi connectivity index (χ3v) is 4.65. The van der Waals surface area contributed by atoms with E-state index in [9.17, 15) is 0 Å². The molecule has 4 atom stereocenters. The second-order valence-corrected chi connectivity index (χ2v) is 6.90. The molecule has 2 aliphatic carbocycles. The van der Waals surface area contributed by atoms with E-state index < -0.39 is 0 Å². The van der Waals surface area contributed by atoms with Gasteiger partial charge in [0, 0.05) is 0 Å². The standard InChI is InChI=1S/C13H25B/c1-9-7-10-5-4-6-11(8-10)12(9)13(2,3)14/h9-12H,4-8,14H2,1-3H3. The minimum absolute atomic E-state index is 0.534. The van der Waals surface area contributed by atoms with Crippen LogP contribution in [0.5, 0.6) is 0 Å². The van der Waals surface area contributed by atoms with Crippen molar-refractivity contribution < 1.29 is 0 Å². The molecule has 2 bridgehead atoms. The van der Waals surface area contributed by atoms with Crippen LogP contribution in [0.1, 0.15) is 52.9 Å². The lowest BCUT2D eigenvalue weighted by atomic mass is 9.50. The van der Waals surface area contributed by atoms with Gasteiger partial charge in [-0.05, 0) is 36.5 Å². The summed E-state index contributed by atoms with van der Waals surface area (Å²) in [4.78, 5) is 0. The van der Waals surface area contributed by atoms with Gasteiger partial charge in [-0.15, -0.1) is 0 Å². The molecular weight excluding hydrogens is 167 g/mol. The fourth-order valence-corrected chi connectivity index (χ4v) is 4.57. The van der Waals surface area contributed by atoms with E-state index in [1.807, 2.05) is 0 Å². The molecule has 0 nitrogen and oxygen atoms in total. The molecule has 2 aliphatic rings. The van der Waals surface area contributed by atoms with Crippen LogP contribution in [0.25, 0.3) is 0 Å². The van der Waals surface area contributed by atoms with Crippen molar-refractivity contribution in [3.63, 3.8) is 0 Å². The fourth-order valence-electron chi connectivity index (χ4n) is 4.57. The van der Waals surface area contributed by atoms with Gasteiger partial charge in [-0.25, -0.2) is 0 Å². The van der Waals surface area contributed by atoms with Crippen LogP contribution in [0.4, 0.5) is 0 Å². The lowest BCUT2D eigenvalue weighted by Gasteiger charge is -2.50. The Morgan fingerprint density at radius 1 is 1.14 bits per heavy atom. The van der Waals surface area contributed by atoms with E-state index in [0.29, 0.717) is 5.31 Å². The van der Waals surface area contributed by atoms with Gasteiger partial charge in [-0.3, -0.25) is 0 Å². The largest absolute Gasteiger partial charge is 0.109 e. The Balaban J connectivity index is 2.15. The van der Waals surface area contributed by atoms with Crippen molar-refractivity contribution in [2.45, 2.75) is 58.2 Å². The molecule has 0 aliphatic heterocycles. The highest BCUT2D eigenvalue weighted by molar-refractivity contribution is 6.14. The maximum atomic E-state index is 2.50. The van der Waals surface area contributed by atoms with Crippen molar-refractivity contribution in [3.05, 3.63) is 0 Å². The fraction of sp³-hybridized carbons (Fsp3) is 1.00. The van der Waals surface area contributed by atoms with Crippen LogP contribution in [0.3, 0.4) is 0 Å². The molecule has 0 heterocycles. The zero-order valence-corrected chi connectivity index (χ0v) is 10.3. The van der Waals surface area contributed by atoms with Gasteiger partial charge in [0.25, 0.3) is 0 Å². The Kier molecular flexibility index (Phi) is 2.70. The van der Waals surface area contributed by atoms with Gasteiger partial charge in [0.2, 0.25) is 0 Å².